The first-order valence-corrected chi connectivity index (χ1v) is 6.57. The molecule has 0 aliphatic carbocycles. The first kappa shape index (κ1) is 16.4. The number of nitrogens with two attached hydrogens (primary N) is 4. The molecule has 0 aromatic heterocycles. The van der Waals surface area contributed by atoms with Crippen LogP contribution in [-0.4, -0.2) is 24.5 Å². The van der Waals surface area contributed by atoms with Crippen molar-refractivity contribution in [2.24, 2.45) is 22.9 Å². The van der Waals surface area contributed by atoms with Crippen LogP contribution in [0.4, 0.5) is 0 Å². The molecule has 0 aromatic carbocycles. The molecule has 0 aromatic rings. The molecule has 8 N–H and O–H groups in total. The molecule has 0 rings (SSSR count). The van der Waals surface area contributed by atoms with Gasteiger partial charge in [0, 0.05) is 18.5 Å². The Bertz CT molecular complexity index is 199. The summed E-state index contributed by atoms with van der Waals surface area (Å²) in [7, 11) is 0. The van der Waals surface area contributed by atoms with Gasteiger partial charge in [0.2, 0.25) is 5.91 Å². The third kappa shape index (κ3) is 10.2. The third-order valence-corrected chi connectivity index (χ3v) is 3.00. The van der Waals surface area contributed by atoms with Gasteiger partial charge in [0.05, 0.1) is 0 Å². The molecule has 0 aliphatic rings. The van der Waals surface area contributed by atoms with Crippen molar-refractivity contribution >= 4 is 5.91 Å². The molecule has 0 aliphatic heterocycles. The molecule has 17 heavy (non-hydrogen) atoms. The highest BCUT2D eigenvalue weighted by Gasteiger charge is 2.12. The normalized spacial score (nSPS) is 14.5. The molecule has 2 atom stereocenters. The molecule has 0 spiro atoms. The van der Waals surface area contributed by atoms with Gasteiger partial charge >= 0.3 is 0 Å². The van der Waals surface area contributed by atoms with E-state index in [2.05, 4.69) is 0 Å². The van der Waals surface area contributed by atoms with Crippen molar-refractivity contribution in [2.45, 2.75) is 63.5 Å². The van der Waals surface area contributed by atoms with E-state index in [9.17, 15) is 4.79 Å². The summed E-state index contributed by atoms with van der Waals surface area (Å²) in [6.07, 6.45) is 7.26. The molecule has 0 saturated heterocycles. The first-order valence-electron chi connectivity index (χ1n) is 6.57. The van der Waals surface area contributed by atoms with Crippen molar-refractivity contribution in [3.05, 3.63) is 0 Å². The van der Waals surface area contributed by atoms with Crippen molar-refractivity contribution in [1.82, 2.24) is 0 Å². The van der Waals surface area contributed by atoms with E-state index >= 15 is 0 Å². The van der Waals surface area contributed by atoms with Crippen molar-refractivity contribution in [3.63, 3.8) is 0 Å². The summed E-state index contributed by atoms with van der Waals surface area (Å²) < 4.78 is 0. The smallest absolute Gasteiger partial charge is 0.217 e. The van der Waals surface area contributed by atoms with Crippen LogP contribution in [0.1, 0.15) is 51.4 Å². The number of amides is 1. The first-order chi connectivity index (χ1) is 8.07. The summed E-state index contributed by atoms with van der Waals surface area (Å²) in [5.41, 5.74) is 22.5. The lowest BCUT2D eigenvalue weighted by molar-refractivity contribution is -0.118. The van der Waals surface area contributed by atoms with Crippen LogP contribution in [0, 0.1) is 0 Å². The van der Waals surface area contributed by atoms with Gasteiger partial charge < -0.3 is 22.9 Å². The quantitative estimate of drug-likeness (QED) is 0.388. The Labute approximate surface area is 104 Å². The zero-order valence-electron chi connectivity index (χ0n) is 10.7. The fraction of sp³-hybridized carbons (Fsp3) is 0.917. The zero-order chi connectivity index (χ0) is 13.1. The van der Waals surface area contributed by atoms with Gasteiger partial charge in [0.1, 0.15) is 0 Å². The molecule has 0 fully saturated rings. The number of unbranched alkanes of at least 4 members (excludes halogenated alkanes) is 3. The lowest BCUT2D eigenvalue weighted by Gasteiger charge is -2.19. The lowest BCUT2D eigenvalue weighted by atomic mass is 9.97. The maximum absolute atomic E-state index is 10.5. The summed E-state index contributed by atoms with van der Waals surface area (Å²) >= 11 is 0. The van der Waals surface area contributed by atoms with Gasteiger partial charge in [-0.3, -0.25) is 4.79 Å². The summed E-state index contributed by atoms with van der Waals surface area (Å²) in [5.74, 6) is -0.246. The molecule has 0 heterocycles. The molecule has 0 bridgehead atoms. The van der Waals surface area contributed by atoms with Gasteiger partial charge in [-0.15, -0.1) is 0 Å². The maximum atomic E-state index is 10.5. The minimum atomic E-state index is -0.246. The van der Waals surface area contributed by atoms with Gasteiger partial charge in [-0.1, -0.05) is 19.3 Å². The molecular formula is C12H28N4O. The van der Waals surface area contributed by atoms with Gasteiger partial charge in [-0.2, -0.15) is 0 Å². The Balaban J connectivity index is 3.46. The summed E-state index contributed by atoms with van der Waals surface area (Å²) in [4.78, 5) is 10.5. The van der Waals surface area contributed by atoms with E-state index in [1.165, 1.54) is 0 Å². The number of hydrogen-bond donors (Lipinski definition) is 4. The standard InChI is InChI=1S/C12H28N4O/c13-9-5-1-2-6-10(14)11(15)7-3-4-8-12(16)17/h10-11H,1-9,13-15H2,(H2,16,17). The average Bonchev–Trinajstić information content (AvgIpc) is 2.29. The second kappa shape index (κ2) is 10.5. The topological polar surface area (TPSA) is 121 Å². The highest BCUT2D eigenvalue weighted by atomic mass is 16.1. The average molecular weight is 244 g/mol. The van der Waals surface area contributed by atoms with Crippen LogP contribution in [0.3, 0.4) is 0 Å². The second-order valence-corrected chi connectivity index (χ2v) is 4.68. The van der Waals surface area contributed by atoms with Gasteiger partial charge in [-0.05, 0) is 32.2 Å². The van der Waals surface area contributed by atoms with E-state index in [1.807, 2.05) is 0 Å². The molecule has 0 saturated carbocycles. The van der Waals surface area contributed by atoms with E-state index in [4.69, 9.17) is 22.9 Å². The zero-order valence-corrected chi connectivity index (χ0v) is 10.7. The van der Waals surface area contributed by atoms with Gasteiger partial charge in [0.15, 0.2) is 0 Å². The summed E-state index contributed by atoms with van der Waals surface area (Å²) in [6.45, 7) is 0.744. The van der Waals surface area contributed by atoms with Gasteiger partial charge in [-0.25, -0.2) is 0 Å². The molecule has 5 heteroatoms. The number of rotatable bonds is 11. The Morgan fingerprint density at radius 3 is 1.88 bits per heavy atom. The van der Waals surface area contributed by atoms with Gasteiger partial charge in [0.25, 0.3) is 0 Å². The predicted octanol–water partition coefficient (Wildman–Crippen LogP) is 0.206. The van der Waals surface area contributed by atoms with Crippen LogP contribution >= 0.6 is 0 Å². The van der Waals surface area contributed by atoms with Crippen molar-refractivity contribution in [1.29, 1.82) is 0 Å². The minimum Gasteiger partial charge on any atom is -0.370 e. The highest BCUT2D eigenvalue weighted by molar-refractivity contribution is 5.73. The van der Waals surface area contributed by atoms with Crippen LogP contribution in [0.15, 0.2) is 0 Å². The van der Waals surface area contributed by atoms with E-state index < -0.39 is 0 Å². The Morgan fingerprint density at radius 2 is 1.41 bits per heavy atom. The van der Waals surface area contributed by atoms with Crippen molar-refractivity contribution in [3.8, 4) is 0 Å². The van der Waals surface area contributed by atoms with Crippen molar-refractivity contribution < 1.29 is 4.79 Å². The number of primary amides is 1. The summed E-state index contributed by atoms with van der Waals surface area (Å²) in [5, 5.41) is 0. The van der Waals surface area contributed by atoms with Crippen LogP contribution in [-0.2, 0) is 4.79 Å². The molecular weight excluding hydrogens is 216 g/mol. The molecule has 2 unspecified atom stereocenters. The van der Waals surface area contributed by atoms with E-state index in [1.54, 1.807) is 0 Å². The van der Waals surface area contributed by atoms with Crippen LogP contribution < -0.4 is 22.9 Å². The van der Waals surface area contributed by atoms with Crippen LogP contribution in [0.5, 0.6) is 0 Å². The largest absolute Gasteiger partial charge is 0.370 e. The molecule has 1 amide bonds. The fourth-order valence-electron chi connectivity index (χ4n) is 1.81. The minimum absolute atomic E-state index is 0.0285. The molecule has 5 nitrogen and oxygen atoms in total. The third-order valence-electron chi connectivity index (χ3n) is 3.00. The van der Waals surface area contributed by atoms with E-state index in [-0.39, 0.29) is 18.0 Å². The van der Waals surface area contributed by atoms with E-state index in [0.29, 0.717) is 6.42 Å². The SMILES string of the molecule is NCCCCCC(N)C(N)CCCCC(N)=O. The molecule has 102 valence electrons. The Hall–Kier alpha value is -0.650. The molecule has 0 radical (unpaired) electrons. The van der Waals surface area contributed by atoms with E-state index in [0.717, 1.165) is 51.5 Å². The Morgan fingerprint density at radius 1 is 0.882 bits per heavy atom. The summed E-state index contributed by atoms with van der Waals surface area (Å²) in [6, 6.07) is 0.0853. The van der Waals surface area contributed by atoms with Crippen LogP contribution in [0.2, 0.25) is 0 Å². The van der Waals surface area contributed by atoms with Crippen molar-refractivity contribution in [2.75, 3.05) is 6.54 Å². The number of carbonyl (C=O) groups excluding carboxylic acids is 1. The lowest BCUT2D eigenvalue weighted by Crippen LogP contribution is -2.41. The highest BCUT2D eigenvalue weighted by Crippen LogP contribution is 2.09. The second-order valence-electron chi connectivity index (χ2n) is 4.68. The number of carbonyl (C=O) groups is 1. The number of hydrogen-bond acceptors (Lipinski definition) is 4. The Kier molecular flexibility index (Phi) is 10.1. The van der Waals surface area contributed by atoms with Crippen LogP contribution in [0.25, 0.3) is 0 Å². The fourth-order valence-corrected chi connectivity index (χ4v) is 1.81. The predicted molar refractivity (Wildman–Crippen MR) is 71.1 cm³/mol. The maximum Gasteiger partial charge on any atom is 0.217 e. The monoisotopic (exact) mass is 244 g/mol.